The van der Waals surface area contributed by atoms with Gasteiger partial charge in [-0.05, 0) is 51.0 Å². The second-order valence-electron chi connectivity index (χ2n) is 8.99. The van der Waals surface area contributed by atoms with Crippen LogP contribution in [-0.4, -0.2) is 50.0 Å². The minimum atomic E-state index is -3.78. The highest BCUT2D eigenvalue weighted by Crippen LogP contribution is 2.27. The molecule has 0 heterocycles. The van der Waals surface area contributed by atoms with Gasteiger partial charge in [-0.15, -0.1) is 0 Å². The SMILES string of the molecule is Cc1ccc(N(CC(=O)N(Cc2c(Cl)cccc2Cl)C(C)C(=O)NC2CCCC2)S(C)(=O)=O)cc1. The van der Waals surface area contributed by atoms with Crippen LogP contribution in [0.5, 0.6) is 0 Å². The van der Waals surface area contributed by atoms with Crippen LogP contribution in [-0.2, 0) is 26.2 Å². The first-order chi connectivity index (χ1) is 16.5. The van der Waals surface area contributed by atoms with Crippen LogP contribution in [0.3, 0.4) is 0 Å². The van der Waals surface area contributed by atoms with Crippen LogP contribution >= 0.6 is 23.2 Å². The maximum Gasteiger partial charge on any atom is 0.244 e. The van der Waals surface area contributed by atoms with Gasteiger partial charge in [0.05, 0.1) is 11.9 Å². The molecule has 1 unspecified atom stereocenters. The largest absolute Gasteiger partial charge is 0.352 e. The van der Waals surface area contributed by atoms with Crippen molar-refractivity contribution in [2.75, 3.05) is 17.1 Å². The molecule has 2 aromatic rings. The van der Waals surface area contributed by atoms with Gasteiger partial charge in [0.15, 0.2) is 0 Å². The molecular weight excluding hydrogens is 509 g/mol. The van der Waals surface area contributed by atoms with Crippen LogP contribution in [0.2, 0.25) is 10.0 Å². The van der Waals surface area contributed by atoms with E-state index in [0.717, 1.165) is 41.8 Å². The summed E-state index contributed by atoms with van der Waals surface area (Å²) >= 11 is 12.7. The van der Waals surface area contributed by atoms with Gasteiger partial charge >= 0.3 is 0 Å². The molecule has 1 atom stereocenters. The predicted octanol–water partition coefficient (Wildman–Crippen LogP) is 4.54. The van der Waals surface area contributed by atoms with Crippen molar-refractivity contribution in [3.05, 3.63) is 63.6 Å². The topological polar surface area (TPSA) is 86.8 Å². The highest BCUT2D eigenvalue weighted by atomic mass is 35.5. The monoisotopic (exact) mass is 539 g/mol. The molecule has 35 heavy (non-hydrogen) atoms. The Bertz CT molecular complexity index is 1150. The molecule has 1 N–H and O–H groups in total. The number of sulfonamides is 1. The van der Waals surface area contributed by atoms with Gasteiger partial charge < -0.3 is 10.2 Å². The standard InChI is InChI=1S/C25H31Cl2N3O4S/c1-17-11-13-20(14-12-17)30(35(3,33)34)16-24(31)29(15-21-22(26)9-6-10-23(21)27)18(2)25(32)28-19-7-4-5-8-19/h6,9-14,18-19H,4-5,7-8,15-16H2,1-3H3,(H,28,32). The minimum Gasteiger partial charge on any atom is -0.352 e. The van der Waals surface area contributed by atoms with E-state index in [2.05, 4.69) is 5.32 Å². The second-order valence-corrected chi connectivity index (χ2v) is 11.7. The molecule has 0 saturated heterocycles. The number of anilines is 1. The number of rotatable bonds is 9. The van der Waals surface area contributed by atoms with Gasteiger partial charge in [0.2, 0.25) is 21.8 Å². The van der Waals surface area contributed by atoms with Crippen LogP contribution in [0.15, 0.2) is 42.5 Å². The normalized spacial score (nSPS) is 15.0. The molecule has 7 nitrogen and oxygen atoms in total. The molecule has 2 aromatic carbocycles. The molecule has 1 fully saturated rings. The zero-order valence-corrected chi connectivity index (χ0v) is 22.5. The van der Waals surface area contributed by atoms with Gasteiger partial charge in [0.25, 0.3) is 0 Å². The number of benzene rings is 2. The summed E-state index contributed by atoms with van der Waals surface area (Å²) in [6.45, 7) is 3.01. The summed E-state index contributed by atoms with van der Waals surface area (Å²) in [7, 11) is -3.78. The van der Waals surface area contributed by atoms with E-state index in [1.165, 1.54) is 4.90 Å². The van der Waals surface area contributed by atoms with Crippen LogP contribution in [0, 0.1) is 6.92 Å². The first-order valence-corrected chi connectivity index (χ1v) is 14.1. The number of nitrogens with one attached hydrogen (secondary N) is 1. The van der Waals surface area contributed by atoms with Crippen molar-refractivity contribution in [3.8, 4) is 0 Å². The molecule has 0 bridgehead atoms. The van der Waals surface area contributed by atoms with E-state index >= 15 is 0 Å². The van der Waals surface area contributed by atoms with E-state index in [4.69, 9.17) is 23.2 Å². The van der Waals surface area contributed by atoms with Gasteiger partial charge in [-0.3, -0.25) is 13.9 Å². The fraction of sp³-hybridized carbons (Fsp3) is 0.440. The maximum atomic E-state index is 13.6. The molecule has 0 aromatic heterocycles. The van der Waals surface area contributed by atoms with E-state index < -0.39 is 28.5 Å². The molecule has 2 amide bonds. The summed E-state index contributed by atoms with van der Waals surface area (Å²) in [5.41, 5.74) is 1.82. The third-order valence-corrected chi connectivity index (χ3v) is 8.11. The maximum absolute atomic E-state index is 13.6. The Morgan fingerprint density at radius 1 is 1.06 bits per heavy atom. The lowest BCUT2D eigenvalue weighted by atomic mass is 10.1. The van der Waals surface area contributed by atoms with E-state index in [-0.39, 0.29) is 18.5 Å². The summed E-state index contributed by atoms with van der Waals surface area (Å²) in [5.74, 6) is -0.837. The lowest BCUT2D eigenvalue weighted by molar-refractivity contribution is -0.139. The Hall–Kier alpha value is -2.29. The van der Waals surface area contributed by atoms with Crippen molar-refractivity contribution in [1.82, 2.24) is 10.2 Å². The molecular formula is C25H31Cl2N3O4S. The molecule has 0 aliphatic heterocycles. The van der Waals surface area contributed by atoms with Gasteiger partial charge in [0.1, 0.15) is 12.6 Å². The molecule has 10 heteroatoms. The van der Waals surface area contributed by atoms with Crippen molar-refractivity contribution in [3.63, 3.8) is 0 Å². The zero-order valence-electron chi connectivity index (χ0n) is 20.1. The van der Waals surface area contributed by atoms with Gasteiger partial charge in [-0.1, -0.05) is 59.8 Å². The number of carbonyl (C=O) groups excluding carboxylic acids is 2. The van der Waals surface area contributed by atoms with E-state index in [0.29, 0.717) is 21.3 Å². The Kier molecular flexibility index (Phi) is 9.07. The van der Waals surface area contributed by atoms with Crippen molar-refractivity contribution in [2.45, 2.75) is 58.2 Å². The molecule has 1 aliphatic rings. The first-order valence-electron chi connectivity index (χ1n) is 11.5. The average Bonchev–Trinajstić information content (AvgIpc) is 3.30. The van der Waals surface area contributed by atoms with Crippen molar-refractivity contribution >= 4 is 50.7 Å². The lowest BCUT2D eigenvalue weighted by Crippen LogP contribution is -2.52. The molecule has 0 radical (unpaired) electrons. The predicted molar refractivity (Wildman–Crippen MR) is 140 cm³/mol. The van der Waals surface area contributed by atoms with E-state index in [9.17, 15) is 18.0 Å². The molecule has 1 aliphatic carbocycles. The lowest BCUT2D eigenvalue weighted by Gasteiger charge is -2.32. The van der Waals surface area contributed by atoms with Crippen LogP contribution < -0.4 is 9.62 Å². The Morgan fingerprint density at radius 3 is 2.17 bits per heavy atom. The van der Waals surface area contributed by atoms with Gasteiger partial charge in [-0.2, -0.15) is 0 Å². The number of amides is 2. The Balaban J connectivity index is 1.91. The minimum absolute atomic E-state index is 0.0396. The summed E-state index contributed by atoms with van der Waals surface area (Å²) in [4.78, 5) is 28.0. The van der Waals surface area contributed by atoms with Crippen LogP contribution in [0.1, 0.15) is 43.7 Å². The third kappa shape index (κ3) is 7.12. The second kappa shape index (κ2) is 11.6. The van der Waals surface area contributed by atoms with Crippen molar-refractivity contribution in [2.24, 2.45) is 0 Å². The Labute approximate surface area is 217 Å². The molecule has 190 valence electrons. The number of hydrogen-bond donors (Lipinski definition) is 1. The van der Waals surface area contributed by atoms with Gasteiger partial charge in [-0.25, -0.2) is 8.42 Å². The quantitative estimate of drug-likeness (QED) is 0.506. The Morgan fingerprint density at radius 2 is 1.63 bits per heavy atom. The first kappa shape index (κ1) is 27.3. The number of halogens is 2. The molecule has 0 spiro atoms. The highest BCUT2D eigenvalue weighted by molar-refractivity contribution is 7.92. The fourth-order valence-corrected chi connectivity index (χ4v) is 5.52. The molecule has 1 saturated carbocycles. The molecule has 3 rings (SSSR count). The van der Waals surface area contributed by atoms with Crippen molar-refractivity contribution in [1.29, 1.82) is 0 Å². The summed E-state index contributed by atoms with van der Waals surface area (Å²) < 4.78 is 26.3. The fourth-order valence-electron chi connectivity index (χ4n) is 4.15. The zero-order chi connectivity index (χ0) is 25.8. The smallest absolute Gasteiger partial charge is 0.244 e. The van der Waals surface area contributed by atoms with Gasteiger partial charge in [0, 0.05) is 28.2 Å². The van der Waals surface area contributed by atoms with Crippen molar-refractivity contribution < 1.29 is 18.0 Å². The number of aryl methyl sites for hydroxylation is 1. The summed E-state index contributed by atoms with van der Waals surface area (Å²) in [6.07, 6.45) is 4.95. The number of carbonyl (C=O) groups is 2. The summed E-state index contributed by atoms with van der Waals surface area (Å²) in [5, 5.41) is 3.74. The third-order valence-electron chi connectivity index (χ3n) is 6.26. The highest BCUT2D eigenvalue weighted by Gasteiger charge is 2.32. The van der Waals surface area contributed by atoms with E-state index in [1.807, 2.05) is 6.92 Å². The summed E-state index contributed by atoms with van der Waals surface area (Å²) in [6, 6.07) is 11.1. The van der Waals surface area contributed by atoms with Crippen LogP contribution in [0.4, 0.5) is 5.69 Å². The van der Waals surface area contributed by atoms with Crippen LogP contribution in [0.25, 0.3) is 0 Å². The number of hydrogen-bond acceptors (Lipinski definition) is 4. The average molecular weight is 541 g/mol. The van der Waals surface area contributed by atoms with E-state index in [1.54, 1.807) is 49.4 Å². The number of nitrogens with zero attached hydrogens (tertiary/aromatic N) is 2.